The van der Waals surface area contributed by atoms with Gasteiger partial charge in [-0.15, -0.1) is 0 Å². The molecule has 0 aliphatic rings. The van der Waals surface area contributed by atoms with Gasteiger partial charge in [-0.1, -0.05) is 27.2 Å². The van der Waals surface area contributed by atoms with E-state index in [1.807, 2.05) is 0 Å². The summed E-state index contributed by atoms with van der Waals surface area (Å²) in [7, 11) is 4.65. The Hall–Kier alpha value is -2.08. The van der Waals surface area contributed by atoms with Crippen LogP contribution in [0, 0.1) is 11.8 Å². The van der Waals surface area contributed by atoms with Crippen LogP contribution in [0.4, 0.5) is 0 Å². The molecule has 0 fully saturated rings. The molecule has 1 amide bonds. The normalized spacial score (nSPS) is 18.2. The van der Waals surface area contributed by atoms with Gasteiger partial charge in [-0.2, -0.15) is 0 Å². The number of rotatable bonds is 18. The molecule has 0 heterocycles. The number of carboxylic acid groups (broad SMARTS) is 1. The number of aliphatic hydroxyl groups excluding tert-OH is 2. The smallest absolute Gasteiger partial charge is 0.348 e. The van der Waals surface area contributed by atoms with Crippen LogP contribution in [0.5, 0.6) is 0 Å². The number of nitrogens with one attached hydrogen (secondary N) is 2. The van der Waals surface area contributed by atoms with Gasteiger partial charge < -0.3 is 35.6 Å². The lowest BCUT2D eigenvalue weighted by molar-refractivity contribution is -0.186. The van der Waals surface area contributed by atoms with Crippen LogP contribution in [0.2, 0.25) is 0 Å². The van der Waals surface area contributed by atoms with Crippen LogP contribution in [-0.4, -0.2) is 101 Å². The first-order valence-electron chi connectivity index (χ1n) is 13.0. The number of amides is 1. The minimum absolute atomic E-state index is 0.222. The number of carbonyl (C=O) groups excluding carboxylic acids is 3. The highest BCUT2D eigenvalue weighted by Gasteiger charge is 2.49. The molecule has 0 saturated heterocycles. The zero-order valence-electron chi connectivity index (χ0n) is 23.9. The van der Waals surface area contributed by atoms with Gasteiger partial charge in [0.15, 0.2) is 5.78 Å². The fraction of sp³-hybridized carbons (Fsp3) is 0.846. The van der Waals surface area contributed by atoms with Gasteiger partial charge in [0.1, 0.15) is 6.04 Å². The fourth-order valence-corrected chi connectivity index (χ4v) is 4.57. The van der Waals surface area contributed by atoms with Crippen molar-refractivity contribution in [1.29, 1.82) is 0 Å². The molecule has 0 rings (SSSR count). The number of nitrogens with zero attached hydrogens (tertiary/aromatic N) is 1. The molecule has 0 aliphatic heterocycles. The minimum Gasteiger partial charge on any atom is -0.478 e. The number of carboxylic acids is 1. The van der Waals surface area contributed by atoms with Crippen LogP contribution in [-0.2, 0) is 23.9 Å². The zero-order chi connectivity index (χ0) is 29.1. The highest BCUT2D eigenvalue weighted by Crippen LogP contribution is 2.29. The summed E-state index contributed by atoms with van der Waals surface area (Å²) >= 11 is 0. The Kier molecular flexibility index (Phi) is 15.1. The lowest BCUT2D eigenvalue weighted by Gasteiger charge is -2.37. The summed E-state index contributed by atoms with van der Waals surface area (Å²) in [5.41, 5.74) is -2.32. The van der Waals surface area contributed by atoms with Gasteiger partial charge in [0.2, 0.25) is 11.5 Å². The molecular formula is C26H49N3O8. The van der Waals surface area contributed by atoms with Crippen molar-refractivity contribution in [3.63, 3.8) is 0 Å². The lowest BCUT2D eigenvalue weighted by atomic mass is 9.83. The van der Waals surface area contributed by atoms with E-state index in [1.165, 1.54) is 18.9 Å². The Morgan fingerprint density at radius 1 is 0.919 bits per heavy atom. The predicted molar refractivity (Wildman–Crippen MR) is 140 cm³/mol. The number of aliphatic hydroxyl groups is 2. The van der Waals surface area contributed by atoms with Crippen LogP contribution in [0.3, 0.4) is 0 Å². The number of carbonyl (C=O) groups is 4. The van der Waals surface area contributed by atoms with Gasteiger partial charge in [0, 0.05) is 13.5 Å². The van der Waals surface area contributed by atoms with Crippen molar-refractivity contribution in [2.75, 3.05) is 21.1 Å². The molecule has 216 valence electrons. The van der Waals surface area contributed by atoms with E-state index in [0.717, 1.165) is 0 Å². The number of Topliss-reactive ketones (excluding diaryl/α,β-unsaturated/α-hetero) is 1. The number of ketones is 1. The Morgan fingerprint density at radius 2 is 1.49 bits per heavy atom. The third-order valence-electron chi connectivity index (χ3n) is 6.72. The summed E-state index contributed by atoms with van der Waals surface area (Å²) in [5.74, 6) is -3.94. The van der Waals surface area contributed by atoms with Gasteiger partial charge in [-0.05, 0) is 59.5 Å². The third kappa shape index (κ3) is 10.7. The van der Waals surface area contributed by atoms with E-state index >= 15 is 0 Å². The standard InChI is InChI=1S/C26H49N3O8/c1-15(2)21(28-8)24(34)37-26(25(35)36,13-18(5)31)14-20(32)22(16(3)11-10-12-17(4)30)29(9)23(33)19(6)27-7/h15-19,21-22,27-28,30-31H,10-14H2,1-9H3,(H,35,36)/t16-,17?,18?,19+,21+,22-,26?/m1/s1. The lowest BCUT2D eigenvalue weighted by Crippen LogP contribution is -2.56. The Bertz CT molecular complexity index is 758. The highest BCUT2D eigenvalue weighted by atomic mass is 16.6. The van der Waals surface area contributed by atoms with Gasteiger partial charge >= 0.3 is 11.9 Å². The van der Waals surface area contributed by atoms with Crippen molar-refractivity contribution in [1.82, 2.24) is 15.5 Å². The first kappa shape index (κ1) is 34.9. The summed E-state index contributed by atoms with van der Waals surface area (Å²) in [4.78, 5) is 53.5. The molecule has 0 bridgehead atoms. The van der Waals surface area contributed by atoms with Crippen LogP contribution in [0.25, 0.3) is 0 Å². The second-order valence-corrected chi connectivity index (χ2v) is 10.6. The predicted octanol–water partition coefficient (Wildman–Crippen LogP) is 0.949. The highest BCUT2D eigenvalue weighted by molar-refractivity contribution is 5.95. The Morgan fingerprint density at radius 3 is 1.89 bits per heavy atom. The van der Waals surface area contributed by atoms with Crippen LogP contribution >= 0.6 is 0 Å². The van der Waals surface area contributed by atoms with Gasteiger partial charge in [0.05, 0.1) is 30.7 Å². The Balaban J connectivity index is 6.37. The topological polar surface area (TPSA) is 165 Å². The molecule has 7 atom stereocenters. The van der Waals surface area contributed by atoms with Crippen molar-refractivity contribution in [2.24, 2.45) is 11.8 Å². The van der Waals surface area contributed by atoms with Crippen LogP contribution in [0.1, 0.15) is 73.6 Å². The molecule has 0 aromatic carbocycles. The largest absolute Gasteiger partial charge is 0.478 e. The molecule has 0 aliphatic carbocycles. The molecule has 0 spiro atoms. The third-order valence-corrected chi connectivity index (χ3v) is 6.72. The average molecular weight is 532 g/mol. The second kappa shape index (κ2) is 16.0. The maximum atomic E-state index is 13.8. The van der Waals surface area contributed by atoms with Crippen LogP contribution < -0.4 is 10.6 Å². The maximum Gasteiger partial charge on any atom is 0.348 e. The van der Waals surface area contributed by atoms with E-state index in [-0.39, 0.29) is 17.7 Å². The van der Waals surface area contributed by atoms with Crippen molar-refractivity contribution < 1.29 is 39.2 Å². The van der Waals surface area contributed by atoms with E-state index in [1.54, 1.807) is 48.7 Å². The quantitative estimate of drug-likeness (QED) is 0.161. The van der Waals surface area contributed by atoms with E-state index in [0.29, 0.717) is 19.3 Å². The number of hydrogen-bond acceptors (Lipinski definition) is 9. The number of ether oxygens (including phenoxy) is 1. The van der Waals surface area contributed by atoms with E-state index in [2.05, 4.69) is 10.6 Å². The van der Waals surface area contributed by atoms with Crippen molar-refractivity contribution in [3.8, 4) is 0 Å². The van der Waals surface area contributed by atoms with Gasteiger partial charge in [0.25, 0.3) is 0 Å². The molecule has 3 unspecified atom stereocenters. The van der Waals surface area contributed by atoms with Crippen LogP contribution in [0.15, 0.2) is 0 Å². The summed E-state index contributed by atoms with van der Waals surface area (Å²) < 4.78 is 5.52. The van der Waals surface area contributed by atoms with E-state index < -0.39 is 66.5 Å². The molecule has 0 radical (unpaired) electrons. The first-order valence-corrected chi connectivity index (χ1v) is 13.0. The minimum atomic E-state index is -2.32. The van der Waals surface area contributed by atoms with Gasteiger partial charge in [-0.3, -0.25) is 14.4 Å². The fourth-order valence-electron chi connectivity index (χ4n) is 4.57. The summed E-state index contributed by atoms with van der Waals surface area (Å²) in [6.45, 7) is 9.99. The van der Waals surface area contributed by atoms with Crippen molar-refractivity contribution in [3.05, 3.63) is 0 Å². The molecular weight excluding hydrogens is 482 g/mol. The molecule has 11 heteroatoms. The van der Waals surface area contributed by atoms with Gasteiger partial charge in [-0.25, -0.2) is 4.79 Å². The number of likely N-dealkylation sites (N-methyl/N-ethyl adjacent to an activating group) is 3. The molecule has 0 saturated carbocycles. The molecule has 5 N–H and O–H groups in total. The maximum absolute atomic E-state index is 13.8. The molecule has 37 heavy (non-hydrogen) atoms. The molecule has 0 aromatic heterocycles. The van der Waals surface area contributed by atoms with Crippen molar-refractivity contribution >= 4 is 23.6 Å². The van der Waals surface area contributed by atoms with E-state index in [4.69, 9.17) is 4.74 Å². The SMILES string of the molecule is CN[C@@H](C)C(=O)N(C)[C@@H](C(=O)CC(CC(C)O)(OC(=O)[C@@H](NC)C(C)C)C(=O)O)[C@H](C)CCCC(C)O. The number of hydrogen-bond donors (Lipinski definition) is 5. The summed E-state index contributed by atoms with van der Waals surface area (Å²) in [6.07, 6.45) is -1.32. The zero-order valence-corrected chi connectivity index (χ0v) is 23.9. The molecule has 11 nitrogen and oxygen atoms in total. The van der Waals surface area contributed by atoms with E-state index in [9.17, 15) is 34.5 Å². The summed E-state index contributed by atoms with van der Waals surface area (Å²) in [5, 5.41) is 35.6. The monoisotopic (exact) mass is 531 g/mol. The summed E-state index contributed by atoms with van der Waals surface area (Å²) in [6, 6.07) is -2.42. The second-order valence-electron chi connectivity index (χ2n) is 10.6. The molecule has 0 aromatic rings. The van der Waals surface area contributed by atoms with Crippen molar-refractivity contribution in [2.45, 2.75) is 110 Å². The average Bonchev–Trinajstić information content (AvgIpc) is 2.77. The first-order chi connectivity index (χ1) is 17.0. The Labute approximate surface area is 221 Å². The number of aliphatic carboxylic acids is 1. The number of esters is 1.